The second-order valence-electron chi connectivity index (χ2n) is 5.73. The molecule has 2 unspecified atom stereocenters. The lowest BCUT2D eigenvalue weighted by Crippen LogP contribution is -2.39. The van der Waals surface area contributed by atoms with Gasteiger partial charge in [0.05, 0.1) is 49.3 Å². The van der Waals surface area contributed by atoms with Crippen LogP contribution in [0.3, 0.4) is 0 Å². The van der Waals surface area contributed by atoms with Crippen molar-refractivity contribution in [2.75, 3.05) is 31.3 Å². The molecule has 1 aromatic rings. The summed E-state index contributed by atoms with van der Waals surface area (Å²) in [5.74, 6) is -1.40. The molecule has 3 amide bonds. The summed E-state index contributed by atoms with van der Waals surface area (Å²) in [4.78, 5) is 38.3. The second kappa shape index (κ2) is 10.0. The van der Waals surface area contributed by atoms with Gasteiger partial charge in [-0.05, 0) is 67.8 Å². The molecule has 1 fully saturated rings. The van der Waals surface area contributed by atoms with Gasteiger partial charge in [-0.1, -0.05) is 0 Å². The lowest BCUT2D eigenvalue weighted by molar-refractivity contribution is 0.0800. The van der Waals surface area contributed by atoms with Gasteiger partial charge in [-0.3, -0.25) is 14.5 Å². The Balaban J connectivity index is 2.66. The Hall–Kier alpha value is -0.500. The number of rotatable bonds is 7. The van der Waals surface area contributed by atoms with Crippen LogP contribution < -0.4 is 16.0 Å². The van der Waals surface area contributed by atoms with E-state index in [0.717, 1.165) is 0 Å². The minimum Gasteiger partial charge on any atom is -0.447 e. The largest absolute Gasteiger partial charge is 0.447 e. The van der Waals surface area contributed by atoms with Gasteiger partial charge in [0.2, 0.25) is 0 Å². The van der Waals surface area contributed by atoms with Crippen molar-refractivity contribution in [2.45, 2.75) is 12.1 Å². The van der Waals surface area contributed by atoms with E-state index in [1.54, 1.807) is 0 Å². The number of aliphatic hydroxyl groups is 3. The van der Waals surface area contributed by atoms with Crippen molar-refractivity contribution in [3.63, 3.8) is 0 Å². The molecule has 0 spiro atoms. The zero-order chi connectivity index (χ0) is 21.2. The summed E-state index contributed by atoms with van der Waals surface area (Å²) in [7, 11) is 0. The minimum absolute atomic E-state index is 0.0381. The highest BCUT2D eigenvalue weighted by atomic mass is 127. The quantitative estimate of drug-likeness (QED) is 0.247. The Morgan fingerprint density at radius 3 is 2.36 bits per heavy atom. The molecule has 1 aromatic carbocycles. The van der Waals surface area contributed by atoms with E-state index in [0.29, 0.717) is 7.14 Å². The third-order valence-corrected chi connectivity index (χ3v) is 7.07. The first-order valence-corrected chi connectivity index (χ1v) is 11.0. The SMILES string of the molecule is NC(=O)c1c(I)c(C(=O)NCC(O)CO)c(I)c(N2C(=O)OCC2CO)c1I. The molecule has 2 rings (SSSR count). The monoisotopic (exact) mass is 731 g/mol. The Bertz CT molecular complexity index is 821. The molecule has 0 bridgehead atoms. The number of nitrogens with one attached hydrogen (secondary N) is 1. The predicted octanol–water partition coefficient (Wildman–Crippen LogP) is -0.000200. The number of carbonyl (C=O) groups excluding carboxylic acids is 3. The number of halogens is 3. The maximum absolute atomic E-state index is 12.7. The predicted molar refractivity (Wildman–Crippen MR) is 123 cm³/mol. The van der Waals surface area contributed by atoms with Crippen LogP contribution in [0.1, 0.15) is 20.7 Å². The first kappa shape index (κ1) is 23.8. The molecular weight excluding hydrogens is 715 g/mol. The van der Waals surface area contributed by atoms with E-state index in [1.807, 2.05) is 67.8 Å². The summed E-state index contributed by atoms with van der Waals surface area (Å²) >= 11 is 5.56. The summed E-state index contributed by atoms with van der Waals surface area (Å²) < 4.78 is 5.98. The average Bonchev–Trinajstić information content (AvgIpc) is 2.99. The molecule has 6 N–H and O–H groups in total. The van der Waals surface area contributed by atoms with Gasteiger partial charge in [-0.25, -0.2) is 4.79 Å². The van der Waals surface area contributed by atoms with Crippen molar-refractivity contribution < 1.29 is 34.4 Å². The van der Waals surface area contributed by atoms with E-state index in [9.17, 15) is 24.6 Å². The third kappa shape index (κ3) is 4.63. The number of ether oxygens (including phenoxy) is 1. The van der Waals surface area contributed by atoms with Crippen molar-refractivity contribution in [3.05, 3.63) is 21.8 Å². The van der Waals surface area contributed by atoms with Crippen LogP contribution >= 0.6 is 67.8 Å². The number of anilines is 1. The Labute approximate surface area is 200 Å². The van der Waals surface area contributed by atoms with E-state index >= 15 is 0 Å². The zero-order valence-electron chi connectivity index (χ0n) is 14.1. The number of benzene rings is 1. The molecule has 0 aliphatic carbocycles. The maximum atomic E-state index is 12.7. The lowest BCUT2D eigenvalue weighted by atomic mass is 10.1. The first-order valence-electron chi connectivity index (χ1n) is 7.79. The number of hydrogen-bond donors (Lipinski definition) is 5. The molecular formula is C15H16I3N3O7. The Morgan fingerprint density at radius 2 is 1.82 bits per heavy atom. The number of amides is 3. The van der Waals surface area contributed by atoms with Crippen LogP contribution in [0, 0.1) is 10.7 Å². The number of carbonyl (C=O) groups is 3. The van der Waals surface area contributed by atoms with Crippen LogP contribution in [-0.2, 0) is 4.74 Å². The topological polar surface area (TPSA) is 162 Å². The lowest BCUT2D eigenvalue weighted by Gasteiger charge is -2.26. The van der Waals surface area contributed by atoms with Crippen molar-refractivity contribution in [3.8, 4) is 0 Å². The summed E-state index contributed by atoms with van der Waals surface area (Å²) in [5.41, 5.74) is 5.89. The highest BCUT2D eigenvalue weighted by Gasteiger charge is 2.39. The van der Waals surface area contributed by atoms with Crippen LogP contribution in [0.2, 0.25) is 0 Å². The normalized spacial score (nSPS) is 17.4. The molecule has 0 saturated carbocycles. The van der Waals surface area contributed by atoms with Crippen molar-refractivity contribution in [1.29, 1.82) is 0 Å². The molecule has 0 aromatic heterocycles. The van der Waals surface area contributed by atoms with E-state index in [2.05, 4.69) is 5.32 Å². The molecule has 13 heteroatoms. The average molecular weight is 731 g/mol. The second-order valence-corrected chi connectivity index (χ2v) is 8.97. The summed E-state index contributed by atoms with van der Waals surface area (Å²) in [5, 5.41) is 30.4. The molecule has 1 aliphatic rings. The van der Waals surface area contributed by atoms with Crippen LogP contribution in [0.25, 0.3) is 0 Å². The van der Waals surface area contributed by atoms with E-state index < -0.39 is 36.7 Å². The fourth-order valence-corrected chi connectivity index (χ4v) is 7.22. The van der Waals surface area contributed by atoms with Crippen molar-refractivity contribution >= 4 is 91.4 Å². The summed E-state index contributed by atoms with van der Waals surface area (Å²) in [6.07, 6.45) is -1.86. The molecule has 154 valence electrons. The van der Waals surface area contributed by atoms with Gasteiger partial charge in [0, 0.05) is 10.1 Å². The Morgan fingerprint density at radius 1 is 1.21 bits per heavy atom. The van der Waals surface area contributed by atoms with Gasteiger partial charge < -0.3 is 31.1 Å². The van der Waals surface area contributed by atoms with Crippen molar-refractivity contribution in [2.24, 2.45) is 5.73 Å². The van der Waals surface area contributed by atoms with Gasteiger partial charge >= 0.3 is 6.09 Å². The molecule has 1 aliphatic heterocycles. The number of nitrogens with zero attached hydrogens (tertiary/aromatic N) is 1. The van der Waals surface area contributed by atoms with E-state index in [-0.39, 0.29) is 40.1 Å². The number of hydrogen-bond acceptors (Lipinski definition) is 7. The molecule has 1 heterocycles. The highest BCUT2D eigenvalue weighted by Crippen LogP contribution is 2.39. The van der Waals surface area contributed by atoms with Crippen LogP contribution in [0.4, 0.5) is 10.5 Å². The molecule has 10 nitrogen and oxygen atoms in total. The smallest absolute Gasteiger partial charge is 0.414 e. The van der Waals surface area contributed by atoms with Crippen LogP contribution in [-0.4, -0.2) is 71.7 Å². The molecule has 1 saturated heterocycles. The van der Waals surface area contributed by atoms with Crippen LogP contribution in [0.15, 0.2) is 0 Å². The number of nitrogens with two attached hydrogens (primary N) is 1. The first-order chi connectivity index (χ1) is 13.1. The standard InChI is InChI=1S/C15H16I3N3O7/c16-9-7(13(19)25)10(17)12(21-5(2-22)4-28-15(21)27)11(18)8(9)14(26)20-1-6(24)3-23/h5-6,22-24H,1-4H2,(H2,19,25)(H,20,26). The zero-order valence-corrected chi connectivity index (χ0v) is 20.6. The van der Waals surface area contributed by atoms with Gasteiger partial charge in [0.1, 0.15) is 6.61 Å². The molecule has 0 radical (unpaired) electrons. The van der Waals surface area contributed by atoms with Crippen LogP contribution in [0.5, 0.6) is 0 Å². The van der Waals surface area contributed by atoms with Gasteiger partial charge in [-0.15, -0.1) is 0 Å². The fourth-order valence-electron chi connectivity index (χ4n) is 2.51. The van der Waals surface area contributed by atoms with Gasteiger partial charge in [0.25, 0.3) is 11.8 Å². The van der Waals surface area contributed by atoms with E-state index in [1.165, 1.54) is 4.90 Å². The summed E-state index contributed by atoms with van der Waals surface area (Å²) in [6, 6.07) is -0.678. The number of aliphatic hydroxyl groups excluding tert-OH is 3. The van der Waals surface area contributed by atoms with Crippen molar-refractivity contribution in [1.82, 2.24) is 5.32 Å². The molecule has 28 heavy (non-hydrogen) atoms. The fraction of sp³-hybridized carbons (Fsp3) is 0.400. The minimum atomic E-state index is -1.15. The Kier molecular flexibility index (Phi) is 8.50. The number of primary amides is 1. The molecule has 2 atom stereocenters. The van der Waals surface area contributed by atoms with Gasteiger partial charge in [-0.2, -0.15) is 0 Å². The summed E-state index contributed by atoms with van der Waals surface area (Å²) in [6.45, 7) is -1.15. The maximum Gasteiger partial charge on any atom is 0.414 e. The van der Waals surface area contributed by atoms with E-state index in [4.69, 9.17) is 15.6 Å². The number of cyclic esters (lactones) is 1. The van der Waals surface area contributed by atoms with Gasteiger partial charge in [0.15, 0.2) is 0 Å². The third-order valence-electron chi connectivity index (χ3n) is 3.89. The highest BCUT2D eigenvalue weighted by molar-refractivity contribution is 14.1.